The maximum atomic E-state index is 5.23. The van der Waals surface area contributed by atoms with Gasteiger partial charge in [0.1, 0.15) is 5.75 Å². The summed E-state index contributed by atoms with van der Waals surface area (Å²) in [5, 5.41) is 1.29. The first kappa shape index (κ1) is 9.46. The Bertz CT molecular complexity index is 569. The smallest absolute Gasteiger partial charge is 0.120 e. The second-order valence-electron chi connectivity index (χ2n) is 4.14. The van der Waals surface area contributed by atoms with Crippen LogP contribution in [-0.2, 0) is 6.42 Å². The van der Waals surface area contributed by atoms with Crippen molar-refractivity contribution >= 4 is 17.1 Å². The maximum absolute atomic E-state index is 5.23. The summed E-state index contributed by atoms with van der Waals surface area (Å²) in [6.07, 6.45) is 2.93. The van der Waals surface area contributed by atoms with Crippen LogP contribution in [0.2, 0.25) is 0 Å². The van der Waals surface area contributed by atoms with Crippen LogP contribution in [-0.4, -0.2) is 18.3 Å². The molecule has 16 heavy (non-hydrogen) atoms. The minimum absolute atomic E-state index is 0.238. The van der Waals surface area contributed by atoms with Crippen LogP contribution >= 0.6 is 0 Å². The number of nitrogens with zero attached hydrogens (tertiary/aromatic N) is 1. The van der Waals surface area contributed by atoms with Crippen molar-refractivity contribution in [2.45, 2.75) is 19.4 Å². The summed E-state index contributed by atoms with van der Waals surface area (Å²) < 4.78 is 5.23. The lowest BCUT2D eigenvalue weighted by Crippen LogP contribution is -2.02. The highest BCUT2D eigenvalue weighted by molar-refractivity contribution is 5.89. The van der Waals surface area contributed by atoms with E-state index in [1.165, 1.54) is 16.6 Å². The average molecular weight is 214 g/mol. The fourth-order valence-electron chi connectivity index (χ4n) is 2.34. The van der Waals surface area contributed by atoms with E-state index >= 15 is 0 Å². The summed E-state index contributed by atoms with van der Waals surface area (Å²) in [4.78, 5) is 7.87. The molecule has 0 radical (unpaired) electrons. The quantitative estimate of drug-likeness (QED) is 0.778. The van der Waals surface area contributed by atoms with E-state index in [1.807, 2.05) is 18.3 Å². The van der Waals surface area contributed by atoms with E-state index in [1.54, 1.807) is 7.11 Å². The molecule has 3 rings (SSSR count). The van der Waals surface area contributed by atoms with Crippen LogP contribution in [0.5, 0.6) is 5.75 Å². The summed E-state index contributed by atoms with van der Waals surface area (Å²) in [6, 6.07) is 6.41. The topological polar surface area (TPSA) is 37.4 Å². The van der Waals surface area contributed by atoms with Crippen molar-refractivity contribution in [3.05, 3.63) is 29.5 Å². The lowest BCUT2D eigenvalue weighted by molar-refractivity contribution is 0.415. The fraction of sp³-hybridized carbons (Fsp3) is 0.308. The Balaban J connectivity index is 2.25. The zero-order chi connectivity index (χ0) is 11.1. The molecule has 0 fully saturated rings. The number of hydrogen-bond acceptors (Lipinski definition) is 2. The first-order valence-electron chi connectivity index (χ1n) is 5.49. The third kappa shape index (κ3) is 1.24. The summed E-state index contributed by atoms with van der Waals surface area (Å²) in [6.45, 7) is 2.11. The molecule has 1 aliphatic heterocycles. The number of hydrogen-bond donors (Lipinski definition) is 1. The van der Waals surface area contributed by atoms with Crippen molar-refractivity contribution in [2.24, 2.45) is 4.99 Å². The van der Waals surface area contributed by atoms with E-state index in [2.05, 4.69) is 23.0 Å². The number of H-pyrrole nitrogens is 1. The molecular weight excluding hydrogens is 200 g/mol. The van der Waals surface area contributed by atoms with Crippen LogP contribution in [0.4, 0.5) is 0 Å². The second kappa shape index (κ2) is 3.37. The molecule has 0 saturated carbocycles. The molecule has 0 aliphatic carbocycles. The Kier molecular flexibility index (Phi) is 1.99. The van der Waals surface area contributed by atoms with Gasteiger partial charge in [0.2, 0.25) is 0 Å². The molecule has 1 aliphatic rings. The van der Waals surface area contributed by atoms with Gasteiger partial charge in [-0.1, -0.05) is 0 Å². The summed E-state index contributed by atoms with van der Waals surface area (Å²) in [5.41, 5.74) is 3.76. The zero-order valence-corrected chi connectivity index (χ0v) is 9.45. The maximum Gasteiger partial charge on any atom is 0.120 e. The van der Waals surface area contributed by atoms with E-state index in [4.69, 9.17) is 4.74 Å². The second-order valence-corrected chi connectivity index (χ2v) is 4.14. The van der Waals surface area contributed by atoms with Gasteiger partial charge in [-0.3, -0.25) is 4.99 Å². The molecule has 0 saturated heterocycles. The molecule has 1 atom stereocenters. The van der Waals surface area contributed by atoms with Crippen LogP contribution < -0.4 is 4.74 Å². The molecule has 0 bridgehead atoms. The number of benzene rings is 1. The lowest BCUT2D eigenvalue weighted by Gasteiger charge is -2.11. The number of aliphatic imine (C=N–C) groups is 1. The van der Waals surface area contributed by atoms with Gasteiger partial charge in [-0.25, -0.2) is 0 Å². The monoisotopic (exact) mass is 214 g/mol. The van der Waals surface area contributed by atoms with Gasteiger partial charge >= 0.3 is 0 Å². The van der Waals surface area contributed by atoms with E-state index < -0.39 is 0 Å². The molecule has 1 N–H and O–H groups in total. The van der Waals surface area contributed by atoms with E-state index in [9.17, 15) is 0 Å². The molecule has 2 heterocycles. The summed E-state index contributed by atoms with van der Waals surface area (Å²) in [7, 11) is 1.69. The molecule has 1 aromatic carbocycles. The number of aromatic amines is 1. The van der Waals surface area contributed by atoms with Crippen molar-refractivity contribution in [3.8, 4) is 5.75 Å². The zero-order valence-electron chi connectivity index (χ0n) is 9.45. The molecule has 3 nitrogen and oxygen atoms in total. The van der Waals surface area contributed by atoms with Crippen LogP contribution in [0, 0.1) is 0 Å². The third-order valence-electron chi connectivity index (χ3n) is 3.19. The molecule has 82 valence electrons. The van der Waals surface area contributed by atoms with E-state index in [-0.39, 0.29) is 6.04 Å². The normalized spacial score (nSPS) is 18.8. The SMILES string of the molecule is COc1ccc2c3c([nH]c2c1)C(C)N=CC3. The molecular formula is C13H14N2O. The van der Waals surface area contributed by atoms with E-state index in [0.29, 0.717) is 0 Å². The van der Waals surface area contributed by atoms with Crippen molar-refractivity contribution < 1.29 is 4.74 Å². The van der Waals surface area contributed by atoms with Crippen molar-refractivity contribution in [2.75, 3.05) is 7.11 Å². The van der Waals surface area contributed by atoms with Gasteiger partial charge in [0.15, 0.2) is 0 Å². The van der Waals surface area contributed by atoms with Crippen molar-refractivity contribution in [1.82, 2.24) is 4.98 Å². The first-order chi connectivity index (χ1) is 7.79. The Labute approximate surface area is 94.1 Å². The molecule has 3 heteroatoms. The lowest BCUT2D eigenvalue weighted by atomic mass is 10.0. The number of rotatable bonds is 1. The van der Waals surface area contributed by atoms with Gasteiger partial charge in [-0.2, -0.15) is 0 Å². The largest absolute Gasteiger partial charge is 0.497 e. The molecule has 1 aromatic heterocycles. The Morgan fingerprint density at radius 1 is 1.44 bits per heavy atom. The fourth-order valence-corrected chi connectivity index (χ4v) is 2.34. The standard InChI is InChI=1S/C13H14N2O/c1-8-13-11(5-6-14-8)10-4-3-9(16-2)7-12(10)15-13/h3-4,6-8,15H,5H2,1-2H3. The average Bonchev–Trinajstić information content (AvgIpc) is 2.68. The highest BCUT2D eigenvalue weighted by atomic mass is 16.5. The first-order valence-corrected chi connectivity index (χ1v) is 5.49. The number of nitrogens with one attached hydrogen (secondary N) is 1. The third-order valence-corrected chi connectivity index (χ3v) is 3.19. The number of aromatic nitrogens is 1. The summed E-state index contributed by atoms with van der Waals surface area (Å²) in [5.74, 6) is 0.889. The highest BCUT2D eigenvalue weighted by Crippen LogP contribution is 2.32. The number of methoxy groups -OCH3 is 1. The van der Waals surface area contributed by atoms with Gasteiger partial charge < -0.3 is 9.72 Å². The predicted octanol–water partition coefficient (Wildman–Crippen LogP) is 2.86. The Hall–Kier alpha value is -1.77. The van der Waals surface area contributed by atoms with Crippen LogP contribution in [0.15, 0.2) is 23.2 Å². The highest BCUT2D eigenvalue weighted by Gasteiger charge is 2.18. The van der Waals surface area contributed by atoms with Crippen LogP contribution in [0.25, 0.3) is 10.9 Å². The molecule has 2 aromatic rings. The number of ether oxygens (including phenoxy) is 1. The van der Waals surface area contributed by atoms with Gasteiger partial charge in [-0.15, -0.1) is 0 Å². The Morgan fingerprint density at radius 2 is 2.31 bits per heavy atom. The van der Waals surface area contributed by atoms with Crippen molar-refractivity contribution in [3.63, 3.8) is 0 Å². The molecule has 1 unspecified atom stereocenters. The van der Waals surface area contributed by atoms with Crippen LogP contribution in [0.1, 0.15) is 24.2 Å². The molecule has 0 spiro atoms. The molecule has 0 amide bonds. The minimum atomic E-state index is 0.238. The predicted molar refractivity (Wildman–Crippen MR) is 65.5 cm³/mol. The van der Waals surface area contributed by atoms with Gasteiger partial charge in [0, 0.05) is 35.3 Å². The number of fused-ring (bicyclic) bond motifs is 3. The summed E-state index contributed by atoms with van der Waals surface area (Å²) >= 11 is 0. The van der Waals surface area contributed by atoms with E-state index in [0.717, 1.165) is 17.7 Å². The van der Waals surface area contributed by atoms with Gasteiger partial charge in [-0.05, 0) is 24.6 Å². The minimum Gasteiger partial charge on any atom is -0.497 e. The van der Waals surface area contributed by atoms with Gasteiger partial charge in [0.25, 0.3) is 0 Å². The van der Waals surface area contributed by atoms with Gasteiger partial charge in [0.05, 0.1) is 13.2 Å². The van der Waals surface area contributed by atoms with Crippen LogP contribution in [0.3, 0.4) is 0 Å². The van der Waals surface area contributed by atoms with Crippen molar-refractivity contribution in [1.29, 1.82) is 0 Å². The Morgan fingerprint density at radius 3 is 3.12 bits per heavy atom.